The highest BCUT2D eigenvalue weighted by Crippen LogP contribution is 2.30. The second kappa shape index (κ2) is 7.33. The van der Waals surface area contributed by atoms with Gasteiger partial charge in [0.05, 0.1) is 0 Å². The van der Waals surface area contributed by atoms with E-state index in [4.69, 9.17) is 4.74 Å². The summed E-state index contributed by atoms with van der Waals surface area (Å²) in [5.74, 6) is -0.0955. The van der Waals surface area contributed by atoms with Gasteiger partial charge in [-0.1, -0.05) is 11.8 Å². The lowest BCUT2D eigenvalue weighted by atomic mass is 10.3. The van der Waals surface area contributed by atoms with Gasteiger partial charge in [0.25, 0.3) is 0 Å². The van der Waals surface area contributed by atoms with Crippen molar-refractivity contribution in [2.45, 2.75) is 23.5 Å². The molecule has 0 amide bonds. The fourth-order valence-corrected chi connectivity index (χ4v) is 2.42. The van der Waals surface area contributed by atoms with Crippen LogP contribution in [-0.2, 0) is 11.3 Å². The van der Waals surface area contributed by atoms with E-state index in [0.717, 1.165) is 17.8 Å². The largest absolute Gasteiger partial charge is 0.374 e. The summed E-state index contributed by atoms with van der Waals surface area (Å²) in [7, 11) is 1.74. The van der Waals surface area contributed by atoms with Crippen LogP contribution >= 0.6 is 11.8 Å². The Hall–Kier alpha value is -1.73. The van der Waals surface area contributed by atoms with Crippen LogP contribution in [0.1, 0.15) is 12.7 Å². The fourth-order valence-electron chi connectivity index (χ4n) is 1.58. The summed E-state index contributed by atoms with van der Waals surface area (Å²) in [6, 6.07) is 5.15. The molecule has 0 fully saturated rings. The molecule has 2 aromatic rings. The standard InChI is InChI=1S/C14H15F2N3OS/c1-3-20-8-13-18-12(17-2)7-14(19-13)21-11-5-4-9(15)6-10(11)16/h4-7H,3,8H2,1-2H3,(H,17,18,19). The van der Waals surface area contributed by atoms with Gasteiger partial charge in [0.2, 0.25) is 0 Å². The number of aromatic nitrogens is 2. The third-order valence-corrected chi connectivity index (χ3v) is 3.52. The number of anilines is 1. The van der Waals surface area contributed by atoms with E-state index in [1.807, 2.05) is 6.92 Å². The normalized spacial score (nSPS) is 10.7. The Morgan fingerprint density at radius 1 is 1.24 bits per heavy atom. The van der Waals surface area contributed by atoms with E-state index in [-0.39, 0.29) is 6.61 Å². The summed E-state index contributed by atoms with van der Waals surface area (Å²) in [4.78, 5) is 8.86. The van der Waals surface area contributed by atoms with Crippen LogP contribution in [0.15, 0.2) is 34.2 Å². The molecule has 0 bridgehead atoms. The highest BCUT2D eigenvalue weighted by atomic mass is 32.2. The molecule has 0 aliphatic heterocycles. The first-order chi connectivity index (χ1) is 10.1. The second-order valence-corrected chi connectivity index (χ2v) is 5.13. The van der Waals surface area contributed by atoms with Crippen LogP contribution < -0.4 is 5.32 Å². The van der Waals surface area contributed by atoms with Crippen LogP contribution in [0.25, 0.3) is 0 Å². The first kappa shape index (κ1) is 15.7. The third kappa shape index (κ3) is 4.37. The minimum absolute atomic E-state index is 0.283. The monoisotopic (exact) mass is 311 g/mol. The topological polar surface area (TPSA) is 47.0 Å². The average Bonchev–Trinajstić information content (AvgIpc) is 2.48. The Kier molecular flexibility index (Phi) is 5.46. The molecule has 7 heteroatoms. The summed E-state index contributed by atoms with van der Waals surface area (Å²) >= 11 is 1.11. The predicted octanol–water partition coefficient (Wildman–Crippen LogP) is 3.48. The number of halogens is 2. The van der Waals surface area contributed by atoms with Gasteiger partial charge < -0.3 is 10.1 Å². The van der Waals surface area contributed by atoms with Crippen molar-refractivity contribution in [2.24, 2.45) is 0 Å². The van der Waals surface area contributed by atoms with Crippen molar-refractivity contribution in [3.05, 3.63) is 41.7 Å². The van der Waals surface area contributed by atoms with Crippen LogP contribution in [0.3, 0.4) is 0 Å². The summed E-state index contributed by atoms with van der Waals surface area (Å²) in [5, 5.41) is 3.48. The zero-order valence-corrected chi connectivity index (χ0v) is 12.5. The maximum atomic E-state index is 13.7. The molecular weight excluding hydrogens is 296 g/mol. The number of rotatable bonds is 6. The average molecular weight is 311 g/mol. The maximum absolute atomic E-state index is 13.7. The molecule has 0 saturated carbocycles. The van der Waals surface area contributed by atoms with Crippen LogP contribution in [-0.4, -0.2) is 23.6 Å². The number of nitrogens with one attached hydrogen (secondary N) is 1. The number of benzene rings is 1. The van der Waals surface area contributed by atoms with Gasteiger partial charge in [-0.3, -0.25) is 0 Å². The van der Waals surface area contributed by atoms with Gasteiger partial charge in [0.1, 0.15) is 29.1 Å². The summed E-state index contributed by atoms with van der Waals surface area (Å²) in [6.45, 7) is 2.72. The molecule has 1 heterocycles. The van der Waals surface area contributed by atoms with Gasteiger partial charge in [-0.15, -0.1) is 0 Å². The SMILES string of the molecule is CCOCc1nc(NC)cc(Sc2ccc(F)cc2F)n1. The second-order valence-electron chi connectivity index (χ2n) is 4.07. The molecule has 112 valence electrons. The zero-order valence-electron chi connectivity index (χ0n) is 11.7. The molecular formula is C14H15F2N3OS. The van der Waals surface area contributed by atoms with Crippen molar-refractivity contribution in [2.75, 3.05) is 19.0 Å². The Bertz CT molecular complexity index is 625. The minimum Gasteiger partial charge on any atom is -0.374 e. The van der Waals surface area contributed by atoms with E-state index >= 15 is 0 Å². The Morgan fingerprint density at radius 2 is 2.05 bits per heavy atom. The van der Waals surface area contributed by atoms with Crippen molar-refractivity contribution < 1.29 is 13.5 Å². The third-order valence-electron chi connectivity index (χ3n) is 2.55. The molecule has 1 aromatic heterocycles. The number of nitrogens with zero attached hydrogens (tertiary/aromatic N) is 2. The zero-order chi connectivity index (χ0) is 15.2. The molecule has 21 heavy (non-hydrogen) atoms. The fraction of sp³-hybridized carbons (Fsp3) is 0.286. The van der Waals surface area contributed by atoms with Crippen LogP contribution in [0.4, 0.5) is 14.6 Å². The molecule has 0 radical (unpaired) electrons. The van der Waals surface area contributed by atoms with Gasteiger partial charge in [-0.25, -0.2) is 18.7 Å². The van der Waals surface area contributed by atoms with Crippen molar-refractivity contribution in [1.29, 1.82) is 0 Å². The molecule has 4 nitrogen and oxygen atoms in total. The van der Waals surface area contributed by atoms with Crippen molar-refractivity contribution in [3.8, 4) is 0 Å². The van der Waals surface area contributed by atoms with E-state index in [1.165, 1.54) is 12.1 Å². The van der Waals surface area contributed by atoms with E-state index in [1.54, 1.807) is 13.1 Å². The Labute approximate surface area is 126 Å². The molecule has 0 saturated heterocycles. The van der Waals surface area contributed by atoms with Crippen LogP contribution in [0.2, 0.25) is 0 Å². The summed E-state index contributed by atoms with van der Waals surface area (Å²) in [5.41, 5.74) is 0. The summed E-state index contributed by atoms with van der Waals surface area (Å²) in [6.07, 6.45) is 0. The lowest BCUT2D eigenvalue weighted by Crippen LogP contribution is -2.03. The molecule has 1 aromatic carbocycles. The molecule has 2 rings (SSSR count). The number of hydrogen-bond donors (Lipinski definition) is 1. The van der Waals surface area contributed by atoms with Gasteiger partial charge >= 0.3 is 0 Å². The van der Waals surface area contributed by atoms with E-state index in [9.17, 15) is 8.78 Å². The maximum Gasteiger partial charge on any atom is 0.157 e. The molecule has 1 N–H and O–H groups in total. The van der Waals surface area contributed by atoms with Crippen molar-refractivity contribution in [1.82, 2.24) is 9.97 Å². The number of ether oxygens (including phenoxy) is 1. The van der Waals surface area contributed by atoms with Gasteiger partial charge in [-0.05, 0) is 19.1 Å². The minimum atomic E-state index is -0.615. The van der Waals surface area contributed by atoms with Crippen molar-refractivity contribution >= 4 is 17.6 Å². The first-order valence-corrected chi connectivity index (χ1v) is 7.20. The Balaban J connectivity index is 2.25. The highest BCUT2D eigenvalue weighted by Gasteiger charge is 2.10. The van der Waals surface area contributed by atoms with Crippen LogP contribution in [0.5, 0.6) is 0 Å². The van der Waals surface area contributed by atoms with Crippen LogP contribution in [0, 0.1) is 11.6 Å². The molecule has 0 atom stereocenters. The summed E-state index contributed by atoms with van der Waals surface area (Å²) < 4.78 is 31.9. The van der Waals surface area contributed by atoms with E-state index < -0.39 is 11.6 Å². The molecule has 0 spiro atoms. The van der Waals surface area contributed by atoms with E-state index in [2.05, 4.69) is 15.3 Å². The Morgan fingerprint density at radius 3 is 2.71 bits per heavy atom. The quantitative estimate of drug-likeness (QED) is 0.828. The molecule has 0 aliphatic carbocycles. The lowest BCUT2D eigenvalue weighted by Gasteiger charge is -2.08. The lowest BCUT2D eigenvalue weighted by molar-refractivity contribution is 0.128. The molecule has 0 unspecified atom stereocenters. The smallest absolute Gasteiger partial charge is 0.157 e. The van der Waals surface area contributed by atoms with Crippen molar-refractivity contribution in [3.63, 3.8) is 0 Å². The predicted molar refractivity (Wildman–Crippen MR) is 77.4 cm³/mol. The highest BCUT2D eigenvalue weighted by molar-refractivity contribution is 7.99. The van der Waals surface area contributed by atoms with Gasteiger partial charge in [-0.2, -0.15) is 0 Å². The van der Waals surface area contributed by atoms with Gasteiger partial charge in [0, 0.05) is 30.7 Å². The van der Waals surface area contributed by atoms with Gasteiger partial charge in [0.15, 0.2) is 5.82 Å². The number of hydrogen-bond acceptors (Lipinski definition) is 5. The first-order valence-electron chi connectivity index (χ1n) is 6.38. The molecule has 0 aliphatic rings. The van der Waals surface area contributed by atoms with E-state index in [0.29, 0.717) is 28.2 Å².